The summed E-state index contributed by atoms with van der Waals surface area (Å²) in [6.45, 7) is -0.897. The Kier molecular flexibility index (Phi) is 2.95. The van der Waals surface area contributed by atoms with Crippen LogP contribution in [-0.2, 0) is 11.7 Å². The lowest BCUT2D eigenvalue weighted by atomic mass is 10.2. The summed E-state index contributed by atoms with van der Waals surface area (Å²) in [6.07, 6.45) is -4.92. The van der Waals surface area contributed by atoms with E-state index in [0.717, 1.165) is 12.1 Å². The van der Waals surface area contributed by atoms with Crippen molar-refractivity contribution in [1.82, 2.24) is 0 Å². The molecule has 1 aromatic rings. The molecule has 0 amide bonds. The Bertz CT molecular complexity index is 322. The van der Waals surface area contributed by atoms with Gasteiger partial charge in [0, 0.05) is 11.6 Å². The topological polar surface area (TPSA) is 29.1 Å². The molecule has 77 valence electrons. The van der Waals surface area contributed by atoms with Crippen LogP contribution < -0.4 is 4.74 Å². The van der Waals surface area contributed by atoms with E-state index in [2.05, 4.69) is 4.74 Å². The first-order chi connectivity index (χ1) is 6.42. The van der Waals surface area contributed by atoms with Gasteiger partial charge in [-0.15, -0.1) is 13.2 Å². The molecule has 0 atom stereocenters. The molecule has 0 aliphatic heterocycles. The van der Waals surface area contributed by atoms with Crippen molar-refractivity contribution in [3.05, 3.63) is 29.6 Å². The number of halogens is 4. The Morgan fingerprint density at radius 1 is 1.29 bits per heavy atom. The van der Waals surface area contributed by atoms with Crippen LogP contribution in [0.4, 0.5) is 17.6 Å². The summed E-state index contributed by atoms with van der Waals surface area (Å²) < 4.78 is 51.2. The zero-order valence-electron chi connectivity index (χ0n) is 6.77. The zero-order chi connectivity index (χ0) is 10.8. The van der Waals surface area contributed by atoms with Gasteiger partial charge in [-0.1, -0.05) is 0 Å². The minimum absolute atomic E-state index is 0.233. The fourth-order valence-corrected chi connectivity index (χ4v) is 0.867. The molecule has 14 heavy (non-hydrogen) atoms. The van der Waals surface area contributed by atoms with Gasteiger partial charge in [0.1, 0.15) is 18.2 Å². The van der Waals surface area contributed by atoms with Gasteiger partial charge in [-0.2, -0.15) is 0 Å². The number of hydrogen-bond donors (Lipinski definition) is 0. The average molecular weight is 209 g/mol. The van der Waals surface area contributed by atoms with Gasteiger partial charge in [0.05, 0.1) is 0 Å². The van der Waals surface area contributed by atoms with Crippen LogP contribution in [-0.4, -0.2) is 6.36 Å². The summed E-state index contributed by atoms with van der Waals surface area (Å²) in [7, 11) is 0. The Morgan fingerprint density at radius 2 is 1.93 bits per heavy atom. The lowest BCUT2D eigenvalue weighted by Crippen LogP contribution is -2.18. The van der Waals surface area contributed by atoms with Gasteiger partial charge in [0.15, 0.2) is 0 Å². The van der Waals surface area contributed by atoms with Crippen LogP contribution in [0.1, 0.15) is 5.56 Å². The van der Waals surface area contributed by atoms with Crippen molar-refractivity contribution >= 4 is 0 Å². The second-order valence-corrected chi connectivity index (χ2v) is 2.44. The molecule has 0 bridgehead atoms. The van der Waals surface area contributed by atoms with Crippen molar-refractivity contribution in [2.45, 2.75) is 13.0 Å². The summed E-state index contributed by atoms with van der Waals surface area (Å²) in [6, 6.07) is 2.39. The molecule has 0 spiro atoms. The summed E-state index contributed by atoms with van der Waals surface area (Å²) >= 11 is 0. The van der Waals surface area contributed by atoms with E-state index < -0.39 is 24.5 Å². The van der Waals surface area contributed by atoms with Crippen LogP contribution in [0, 0.1) is 5.82 Å². The van der Waals surface area contributed by atoms with Crippen LogP contribution in [0.25, 0.3) is 0 Å². The number of hydrogen-bond acceptors (Lipinski definition) is 1. The first-order valence-corrected chi connectivity index (χ1v) is 3.54. The van der Waals surface area contributed by atoms with E-state index in [1.165, 1.54) is 0 Å². The van der Waals surface area contributed by atoms with Crippen molar-refractivity contribution in [3.63, 3.8) is 0 Å². The molecule has 0 aromatic heterocycles. The third-order valence-electron chi connectivity index (χ3n) is 1.41. The molecule has 0 saturated carbocycles. The molecule has 0 N–H and O–H groups in total. The lowest BCUT2D eigenvalue weighted by Gasteiger charge is -2.11. The summed E-state index contributed by atoms with van der Waals surface area (Å²) in [5.41, 5.74) is -0.233. The van der Waals surface area contributed by atoms with Crippen molar-refractivity contribution in [3.8, 4) is 5.75 Å². The molecule has 1 aromatic carbocycles. The van der Waals surface area contributed by atoms with E-state index in [-0.39, 0.29) is 5.56 Å². The van der Waals surface area contributed by atoms with E-state index in [9.17, 15) is 22.7 Å². The summed E-state index contributed by atoms with van der Waals surface area (Å²) in [4.78, 5) is 0. The third-order valence-corrected chi connectivity index (χ3v) is 1.41. The van der Waals surface area contributed by atoms with Gasteiger partial charge < -0.3 is 4.74 Å². The number of rotatable bonds is 2. The highest BCUT2D eigenvalue weighted by Gasteiger charge is 2.32. The Hall–Kier alpha value is -1.30. The average Bonchev–Trinajstić information content (AvgIpc) is 2.01. The molecular formula is C8H5F4O2. The van der Waals surface area contributed by atoms with Crippen molar-refractivity contribution in [1.29, 1.82) is 0 Å². The van der Waals surface area contributed by atoms with E-state index >= 15 is 0 Å². The van der Waals surface area contributed by atoms with Gasteiger partial charge in [0.2, 0.25) is 0 Å². The molecule has 0 heterocycles. The maximum atomic E-state index is 12.5. The molecule has 6 heteroatoms. The Labute approximate surface area is 76.7 Å². The molecular weight excluding hydrogens is 204 g/mol. The Morgan fingerprint density at radius 3 is 2.43 bits per heavy atom. The predicted molar refractivity (Wildman–Crippen MR) is 37.5 cm³/mol. The fraction of sp³-hybridized carbons (Fsp3) is 0.250. The summed E-state index contributed by atoms with van der Waals surface area (Å²) in [5.74, 6) is -1.67. The minimum atomic E-state index is -4.92. The van der Waals surface area contributed by atoms with Gasteiger partial charge in [-0.3, -0.25) is 0 Å². The smallest absolute Gasteiger partial charge is 0.405 e. The Balaban J connectivity index is 2.99. The molecule has 1 rings (SSSR count). The highest BCUT2D eigenvalue weighted by atomic mass is 19.4. The standard InChI is InChI=1S/C8H5F4O2/c9-6-2-1-5(4-13)7(3-6)14-8(10,11)12/h1-3H,4H2. The predicted octanol–water partition coefficient (Wildman–Crippen LogP) is 2.65. The van der Waals surface area contributed by atoms with Gasteiger partial charge in [-0.05, 0) is 12.1 Å². The third kappa shape index (κ3) is 2.88. The molecule has 0 fully saturated rings. The normalized spacial score (nSPS) is 11.5. The van der Waals surface area contributed by atoms with Crippen molar-refractivity contribution < 1.29 is 27.4 Å². The largest absolute Gasteiger partial charge is 0.573 e. The molecule has 1 radical (unpaired) electrons. The number of alkyl halides is 3. The first-order valence-electron chi connectivity index (χ1n) is 3.54. The maximum Gasteiger partial charge on any atom is 0.573 e. The van der Waals surface area contributed by atoms with E-state index in [0.29, 0.717) is 6.07 Å². The van der Waals surface area contributed by atoms with Crippen molar-refractivity contribution in [2.24, 2.45) is 0 Å². The van der Waals surface area contributed by atoms with Gasteiger partial charge >= 0.3 is 6.36 Å². The molecule has 2 nitrogen and oxygen atoms in total. The van der Waals surface area contributed by atoms with E-state index in [1.807, 2.05) is 0 Å². The summed E-state index contributed by atoms with van der Waals surface area (Å²) in [5, 5.41) is 10.4. The molecule has 0 saturated heterocycles. The lowest BCUT2D eigenvalue weighted by molar-refractivity contribution is -0.275. The first kappa shape index (κ1) is 10.8. The SMILES string of the molecule is [O]Cc1ccc(F)cc1OC(F)(F)F. The minimum Gasteiger partial charge on any atom is -0.405 e. The van der Waals surface area contributed by atoms with Crippen LogP contribution in [0.2, 0.25) is 0 Å². The second-order valence-electron chi connectivity index (χ2n) is 2.44. The highest BCUT2D eigenvalue weighted by molar-refractivity contribution is 5.33. The molecule has 0 aliphatic carbocycles. The zero-order valence-corrected chi connectivity index (χ0v) is 6.77. The molecule has 0 unspecified atom stereocenters. The number of benzene rings is 1. The van der Waals surface area contributed by atoms with E-state index in [1.54, 1.807) is 0 Å². The van der Waals surface area contributed by atoms with E-state index in [4.69, 9.17) is 0 Å². The monoisotopic (exact) mass is 209 g/mol. The highest BCUT2D eigenvalue weighted by Crippen LogP contribution is 2.27. The van der Waals surface area contributed by atoms with Gasteiger partial charge in [-0.25, -0.2) is 9.50 Å². The van der Waals surface area contributed by atoms with Crippen molar-refractivity contribution in [2.75, 3.05) is 0 Å². The van der Waals surface area contributed by atoms with Crippen LogP contribution >= 0.6 is 0 Å². The second kappa shape index (κ2) is 3.83. The van der Waals surface area contributed by atoms with Crippen LogP contribution in [0.15, 0.2) is 18.2 Å². The van der Waals surface area contributed by atoms with Gasteiger partial charge in [0.25, 0.3) is 0 Å². The maximum absolute atomic E-state index is 12.5. The van der Waals surface area contributed by atoms with Crippen LogP contribution in [0.5, 0.6) is 5.75 Å². The molecule has 0 aliphatic rings. The quantitative estimate of drug-likeness (QED) is 0.688. The number of ether oxygens (including phenoxy) is 1. The van der Waals surface area contributed by atoms with Crippen LogP contribution in [0.3, 0.4) is 0 Å². The fourth-order valence-electron chi connectivity index (χ4n) is 0.867.